The third-order valence-electron chi connectivity index (χ3n) is 2.53. The Labute approximate surface area is 108 Å². The standard InChI is InChI=1S/C12H24N2O4/c1-14(9-6-10-18-2)12(17)13-8-5-3-4-7-11(15)16/h3-10H2,1-2H3,(H,13,17)(H,15,16). The molecule has 0 fully saturated rings. The zero-order valence-corrected chi connectivity index (χ0v) is 11.3. The number of urea groups is 1. The fourth-order valence-corrected chi connectivity index (χ4v) is 1.46. The van der Waals surface area contributed by atoms with Crippen molar-refractivity contribution in [3.63, 3.8) is 0 Å². The van der Waals surface area contributed by atoms with Crippen molar-refractivity contribution < 1.29 is 19.4 Å². The average Bonchev–Trinajstić information content (AvgIpc) is 2.33. The number of hydrogen-bond donors (Lipinski definition) is 2. The molecule has 6 heteroatoms. The molecule has 0 aromatic heterocycles. The molecule has 0 spiro atoms. The molecule has 18 heavy (non-hydrogen) atoms. The minimum Gasteiger partial charge on any atom is -0.481 e. The van der Waals surface area contributed by atoms with Crippen LogP contribution in [0.2, 0.25) is 0 Å². The van der Waals surface area contributed by atoms with Crippen LogP contribution in [0.1, 0.15) is 32.1 Å². The molecule has 0 aliphatic rings. The minimum atomic E-state index is -0.767. The van der Waals surface area contributed by atoms with Crippen molar-refractivity contribution >= 4 is 12.0 Å². The summed E-state index contributed by atoms with van der Waals surface area (Å²) in [6, 6.07) is -0.0932. The van der Waals surface area contributed by atoms with Gasteiger partial charge in [-0.1, -0.05) is 6.42 Å². The fourth-order valence-electron chi connectivity index (χ4n) is 1.46. The Morgan fingerprint density at radius 2 is 1.94 bits per heavy atom. The Morgan fingerprint density at radius 1 is 1.22 bits per heavy atom. The number of nitrogens with zero attached hydrogens (tertiary/aromatic N) is 1. The van der Waals surface area contributed by atoms with Gasteiger partial charge in [0.25, 0.3) is 0 Å². The maximum atomic E-state index is 11.6. The zero-order valence-electron chi connectivity index (χ0n) is 11.3. The molecule has 0 unspecified atom stereocenters. The molecule has 0 saturated heterocycles. The van der Waals surface area contributed by atoms with E-state index in [1.54, 1.807) is 19.1 Å². The summed E-state index contributed by atoms with van der Waals surface area (Å²) in [5, 5.41) is 11.2. The molecule has 0 rings (SSSR count). The molecule has 0 radical (unpaired) electrons. The van der Waals surface area contributed by atoms with Crippen LogP contribution in [0.4, 0.5) is 4.79 Å². The molecule has 2 N–H and O–H groups in total. The minimum absolute atomic E-state index is 0.0932. The maximum absolute atomic E-state index is 11.6. The zero-order chi connectivity index (χ0) is 13.8. The normalized spacial score (nSPS) is 10.1. The first kappa shape index (κ1) is 16.7. The van der Waals surface area contributed by atoms with Gasteiger partial charge in [-0.3, -0.25) is 4.79 Å². The number of carboxylic acid groups (broad SMARTS) is 1. The number of carboxylic acids is 1. The fraction of sp³-hybridized carbons (Fsp3) is 0.833. The van der Waals surface area contributed by atoms with Crippen LogP contribution in [0.5, 0.6) is 0 Å². The second-order valence-corrected chi connectivity index (χ2v) is 4.20. The first-order valence-corrected chi connectivity index (χ1v) is 6.27. The molecule has 0 bridgehead atoms. The van der Waals surface area contributed by atoms with Crippen LogP contribution in [0, 0.1) is 0 Å². The van der Waals surface area contributed by atoms with Gasteiger partial charge >= 0.3 is 12.0 Å². The number of hydrogen-bond acceptors (Lipinski definition) is 3. The van der Waals surface area contributed by atoms with Gasteiger partial charge in [-0.05, 0) is 19.3 Å². The smallest absolute Gasteiger partial charge is 0.317 e. The van der Waals surface area contributed by atoms with Gasteiger partial charge in [-0.15, -0.1) is 0 Å². The van der Waals surface area contributed by atoms with Crippen LogP contribution in [-0.2, 0) is 9.53 Å². The number of carbonyl (C=O) groups excluding carboxylic acids is 1. The first-order valence-electron chi connectivity index (χ1n) is 6.27. The van der Waals surface area contributed by atoms with Gasteiger partial charge in [0.1, 0.15) is 0 Å². The molecule has 0 heterocycles. The van der Waals surface area contributed by atoms with Crippen LogP contribution in [0.3, 0.4) is 0 Å². The van der Waals surface area contributed by atoms with E-state index in [4.69, 9.17) is 9.84 Å². The predicted octanol–water partition coefficient (Wildman–Crippen LogP) is 1.31. The van der Waals surface area contributed by atoms with E-state index < -0.39 is 5.97 Å². The lowest BCUT2D eigenvalue weighted by Crippen LogP contribution is -2.38. The van der Waals surface area contributed by atoms with Crippen molar-refractivity contribution in [1.29, 1.82) is 0 Å². The number of amides is 2. The molecule has 0 aromatic carbocycles. The molecular formula is C12H24N2O4. The topological polar surface area (TPSA) is 78.9 Å². The van der Waals surface area contributed by atoms with E-state index in [0.29, 0.717) is 26.1 Å². The third kappa shape index (κ3) is 9.89. The summed E-state index contributed by atoms with van der Waals surface area (Å²) < 4.78 is 4.91. The maximum Gasteiger partial charge on any atom is 0.317 e. The van der Waals surface area contributed by atoms with E-state index in [1.807, 2.05) is 0 Å². The molecule has 0 saturated carbocycles. The Balaban J connectivity index is 3.43. The number of methoxy groups -OCH3 is 1. The van der Waals surface area contributed by atoms with Gasteiger partial charge in [-0.25, -0.2) is 4.79 Å². The summed E-state index contributed by atoms with van der Waals surface area (Å²) in [4.78, 5) is 23.4. The van der Waals surface area contributed by atoms with Crippen molar-refractivity contribution in [1.82, 2.24) is 10.2 Å². The van der Waals surface area contributed by atoms with Crippen LogP contribution in [0.25, 0.3) is 0 Å². The van der Waals surface area contributed by atoms with E-state index in [-0.39, 0.29) is 12.5 Å². The van der Waals surface area contributed by atoms with E-state index in [2.05, 4.69) is 5.32 Å². The molecule has 0 aliphatic carbocycles. The predicted molar refractivity (Wildman–Crippen MR) is 68.6 cm³/mol. The molecular weight excluding hydrogens is 236 g/mol. The summed E-state index contributed by atoms with van der Waals surface area (Å²) >= 11 is 0. The highest BCUT2D eigenvalue weighted by Gasteiger charge is 2.06. The lowest BCUT2D eigenvalue weighted by atomic mass is 10.2. The van der Waals surface area contributed by atoms with Crippen LogP contribution >= 0.6 is 0 Å². The quantitative estimate of drug-likeness (QED) is 0.580. The summed E-state index contributed by atoms with van der Waals surface area (Å²) in [5.41, 5.74) is 0. The second-order valence-electron chi connectivity index (χ2n) is 4.20. The highest BCUT2D eigenvalue weighted by atomic mass is 16.5. The molecule has 106 valence electrons. The van der Waals surface area contributed by atoms with Gasteiger partial charge in [0.15, 0.2) is 0 Å². The summed E-state index contributed by atoms with van der Waals surface area (Å²) in [6.45, 7) is 1.90. The lowest BCUT2D eigenvalue weighted by Gasteiger charge is -2.17. The Hall–Kier alpha value is -1.30. The Kier molecular flexibility index (Phi) is 10.0. The third-order valence-corrected chi connectivity index (χ3v) is 2.53. The number of unbranched alkanes of at least 4 members (excludes halogenated alkanes) is 2. The molecule has 0 atom stereocenters. The monoisotopic (exact) mass is 260 g/mol. The van der Waals surface area contributed by atoms with Crippen molar-refractivity contribution in [2.24, 2.45) is 0 Å². The van der Waals surface area contributed by atoms with E-state index in [0.717, 1.165) is 19.3 Å². The summed E-state index contributed by atoms with van der Waals surface area (Å²) in [6.07, 6.45) is 3.31. The van der Waals surface area contributed by atoms with E-state index in [9.17, 15) is 9.59 Å². The Bertz CT molecular complexity index is 246. The van der Waals surface area contributed by atoms with Crippen molar-refractivity contribution in [3.05, 3.63) is 0 Å². The van der Waals surface area contributed by atoms with Crippen molar-refractivity contribution in [2.75, 3.05) is 33.9 Å². The van der Waals surface area contributed by atoms with Gasteiger partial charge in [0.2, 0.25) is 0 Å². The number of rotatable bonds is 10. The first-order chi connectivity index (χ1) is 8.57. The van der Waals surface area contributed by atoms with Crippen molar-refractivity contribution in [3.8, 4) is 0 Å². The van der Waals surface area contributed by atoms with E-state index in [1.165, 1.54) is 0 Å². The second kappa shape index (κ2) is 10.8. The number of carbonyl (C=O) groups is 2. The van der Waals surface area contributed by atoms with Gasteiger partial charge < -0.3 is 20.1 Å². The molecule has 0 aromatic rings. The highest BCUT2D eigenvalue weighted by molar-refractivity contribution is 5.73. The lowest BCUT2D eigenvalue weighted by molar-refractivity contribution is -0.137. The summed E-state index contributed by atoms with van der Waals surface area (Å²) in [7, 11) is 3.38. The molecule has 0 aliphatic heterocycles. The summed E-state index contributed by atoms with van der Waals surface area (Å²) in [5.74, 6) is -0.767. The Morgan fingerprint density at radius 3 is 2.56 bits per heavy atom. The van der Waals surface area contributed by atoms with E-state index >= 15 is 0 Å². The van der Waals surface area contributed by atoms with Crippen molar-refractivity contribution in [2.45, 2.75) is 32.1 Å². The SMILES string of the molecule is COCCCN(C)C(=O)NCCCCCC(=O)O. The van der Waals surface area contributed by atoms with Crippen LogP contribution < -0.4 is 5.32 Å². The van der Waals surface area contributed by atoms with Crippen LogP contribution in [0.15, 0.2) is 0 Å². The highest BCUT2D eigenvalue weighted by Crippen LogP contribution is 1.98. The number of ether oxygens (including phenoxy) is 1. The largest absolute Gasteiger partial charge is 0.481 e. The van der Waals surface area contributed by atoms with Gasteiger partial charge in [-0.2, -0.15) is 0 Å². The van der Waals surface area contributed by atoms with Gasteiger partial charge in [0, 0.05) is 40.3 Å². The number of nitrogens with one attached hydrogen (secondary N) is 1. The number of aliphatic carboxylic acids is 1. The van der Waals surface area contributed by atoms with Crippen LogP contribution in [-0.4, -0.2) is 55.9 Å². The molecule has 2 amide bonds. The van der Waals surface area contributed by atoms with Gasteiger partial charge in [0.05, 0.1) is 0 Å². The molecule has 6 nitrogen and oxygen atoms in total. The average molecular weight is 260 g/mol.